The fourth-order valence-corrected chi connectivity index (χ4v) is 3.55. The van der Waals surface area contributed by atoms with Crippen LogP contribution in [0.25, 0.3) is 0 Å². The number of nitrogens with one attached hydrogen (secondary N) is 1. The molecule has 0 unspecified atom stereocenters. The molecule has 2 fully saturated rings. The molecule has 2 aliphatic heterocycles. The molecule has 7 heteroatoms. The van der Waals surface area contributed by atoms with Crippen LogP contribution in [0.15, 0.2) is 0 Å². The Hall–Kier alpha value is -1.18. The topological polar surface area (TPSA) is 87.9 Å². The quantitative estimate of drug-likeness (QED) is 0.714. The first-order valence-electron chi connectivity index (χ1n) is 8.61. The number of ether oxygens (including phenoxy) is 1. The van der Waals surface area contributed by atoms with Gasteiger partial charge in [0.15, 0.2) is 0 Å². The zero-order valence-corrected chi connectivity index (χ0v) is 14.5. The minimum atomic E-state index is -0.417. The van der Waals surface area contributed by atoms with Gasteiger partial charge >= 0.3 is 0 Å². The maximum absolute atomic E-state index is 12.5. The van der Waals surface area contributed by atoms with Crippen LogP contribution in [0.4, 0.5) is 0 Å². The number of carbonyl (C=O) groups is 2. The average Bonchev–Trinajstić information content (AvgIpc) is 2.86. The van der Waals surface area contributed by atoms with Gasteiger partial charge in [0.1, 0.15) is 6.04 Å². The third-order valence-corrected chi connectivity index (χ3v) is 4.44. The van der Waals surface area contributed by atoms with Crippen molar-refractivity contribution in [3.05, 3.63) is 0 Å². The second kappa shape index (κ2) is 8.08. The highest BCUT2D eigenvalue weighted by molar-refractivity contribution is 5.88. The Labute approximate surface area is 138 Å². The van der Waals surface area contributed by atoms with Gasteiger partial charge in [-0.1, -0.05) is 0 Å². The maximum atomic E-state index is 12.5. The fraction of sp³-hybridized carbons (Fsp3) is 0.875. The Balaban J connectivity index is 1.87. The highest BCUT2D eigenvalue weighted by Crippen LogP contribution is 2.19. The number of morpholine rings is 1. The molecule has 0 bridgehead atoms. The molecule has 132 valence electrons. The normalized spacial score (nSPS) is 32.1. The first-order chi connectivity index (χ1) is 10.9. The minimum Gasteiger partial charge on any atom is -0.373 e. The molecule has 2 heterocycles. The van der Waals surface area contributed by atoms with Gasteiger partial charge in [0.25, 0.3) is 0 Å². The van der Waals surface area contributed by atoms with Gasteiger partial charge in [-0.05, 0) is 27.2 Å². The highest BCUT2D eigenvalue weighted by Gasteiger charge is 2.37. The van der Waals surface area contributed by atoms with Crippen molar-refractivity contribution >= 4 is 11.8 Å². The number of hydrogen-bond donors (Lipinski definition) is 2. The molecule has 2 aliphatic rings. The number of amides is 2. The van der Waals surface area contributed by atoms with Crippen LogP contribution < -0.4 is 11.1 Å². The van der Waals surface area contributed by atoms with E-state index in [0.717, 1.165) is 13.1 Å². The van der Waals surface area contributed by atoms with Crippen LogP contribution in [0.5, 0.6) is 0 Å². The number of carbonyl (C=O) groups excluding carboxylic acids is 2. The van der Waals surface area contributed by atoms with Crippen molar-refractivity contribution in [2.24, 2.45) is 5.73 Å². The van der Waals surface area contributed by atoms with Crippen molar-refractivity contribution in [1.29, 1.82) is 0 Å². The predicted octanol–water partition coefficient (Wildman–Crippen LogP) is -0.450. The summed E-state index contributed by atoms with van der Waals surface area (Å²) in [7, 11) is 0. The van der Waals surface area contributed by atoms with Crippen LogP contribution in [0.2, 0.25) is 0 Å². The summed E-state index contributed by atoms with van der Waals surface area (Å²) in [5, 5.41) is 2.79. The lowest BCUT2D eigenvalue weighted by molar-refractivity contribution is -0.139. The summed E-state index contributed by atoms with van der Waals surface area (Å²) in [6.45, 7) is 9.40. The van der Waals surface area contributed by atoms with Crippen molar-refractivity contribution in [3.63, 3.8) is 0 Å². The minimum absolute atomic E-state index is 0.0148. The van der Waals surface area contributed by atoms with Gasteiger partial charge in [-0.25, -0.2) is 0 Å². The van der Waals surface area contributed by atoms with Crippen LogP contribution in [-0.4, -0.2) is 78.6 Å². The Morgan fingerprint density at radius 1 is 1.22 bits per heavy atom. The second-order valence-corrected chi connectivity index (χ2v) is 6.72. The Morgan fingerprint density at radius 2 is 1.87 bits per heavy atom. The van der Waals surface area contributed by atoms with Gasteiger partial charge < -0.3 is 20.7 Å². The van der Waals surface area contributed by atoms with E-state index in [1.165, 1.54) is 0 Å². The molecule has 2 rings (SSSR count). The maximum Gasteiger partial charge on any atom is 0.242 e. The zero-order valence-electron chi connectivity index (χ0n) is 14.5. The summed E-state index contributed by atoms with van der Waals surface area (Å²) in [5.41, 5.74) is 5.96. The summed E-state index contributed by atoms with van der Waals surface area (Å²) < 4.78 is 5.71. The van der Waals surface area contributed by atoms with Crippen LogP contribution in [0.3, 0.4) is 0 Å². The van der Waals surface area contributed by atoms with E-state index in [4.69, 9.17) is 10.5 Å². The molecule has 0 aromatic carbocycles. The highest BCUT2D eigenvalue weighted by atomic mass is 16.5. The number of likely N-dealkylation sites (N-methyl/N-ethyl adjacent to an activating group) is 1. The summed E-state index contributed by atoms with van der Waals surface area (Å²) in [6.07, 6.45) is 1.35. The molecule has 0 aliphatic carbocycles. The lowest BCUT2D eigenvalue weighted by atomic mass is 10.1. The molecule has 2 amide bonds. The Kier molecular flexibility index (Phi) is 6.38. The smallest absolute Gasteiger partial charge is 0.242 e. The van der Waals surface area contributed by atoms with E-state index in [2.05, 4.69) is 24.1 Å². The Bertz CT molecular complexity index is 422. The largest absolute Gasteiger partial charge is 0.373 e. The summed E-state index contributed by atoms with van der Waals surface area (Å²) in [6, 6.07) is -0.532. The lowest BCUT2D eigenvalue weighted by Crippen LogP contribution is -2.48. The van der Waals surface area contributed by atoms with Gasteiger partial charge in [-0.2, -0.15) is 0 Å². The Morgan fingerprint density at radius 3 is 2.48 bits per heavy atom. The molecule has 7 nitrogen and oxygen atoms in total. The standard InChI is InChI=1S/C16H30N4O3/c1-4-18-16(22)14-7-13(17)10-20(14)15(21)5-6-19-8-11(2)23-12(3)9-19/h11-14H,4-10,17H2,1-3H3,(H,18,22)/t11-,12+,13-,14-/m0/s1. The third-order valence-electron chi connectivity index (χ3n) is 4.44. The molecule has 0 aromatic rings. The molecule has 0 radical (unpaired) electrons. The molecular formula is C16H30N4O3. The van der Waals surface area contributed by atoms with E-state index in [1.807, 2.05) is 6.92 Å². The molecule has 3 N–H and O–H groups in total. The van der Waals surface area contributed by atoms with Crippen LogP contribution in [-0.2, 0) is 14.3 Å². The lowest BCUT2D eigenvalue weighted by Gasteiger charge is -2.35. The molecule has 0 aromatic heterocycles. The van der Waals surface area contributed by atoms with Crippen molar-refractivity contribution in [3.8, 4) is 0 Å². The molecular weight excluding hydrogens is 296 g/mol. The predicted molar refractivity (Wildman–Crippen MR) is 87.8 cm³/mol. The van der Waals surface area contributed by atoms with Crippen LogP contribution in [0.1, 0.15) is 33.6 Å². The van der Waals surface area contributed by atoms with E-state index in [9.17, 15) is 9.59 Å². The van der Waals surface area contributed by atoms with Crippen molar-refractivity contribution in [2.45, 2.75) is 57.9 Å². The summed E-state index contributed by atoms with van der Waals surface area (Å²) in [4.78, 5) is 28.6. The van der Waals surface area contributed by atoms with Gasteiger partial charge in [0, 0.05) is 45.2 Å². The van der Waals surface area contributed by atoms with Gasteiger partial charge in [-0.15, -0.1) is 0 Å². The molecule has 0 spiro atoms. The van der Waals surface area contributed by atoms with E-state index in [-0.39, 0.29) is 30.1 Å². The van der Waals surface area contributed by atoms with Gasteiger partial charge in [0.05, 0.1) is 12.2 Å². The van der Waals surface area contributed by atoms with Gasteiger partial charge in [-0.3, -0.25) is 14.5 Å². The number of nitrogens with two attached hydrogens (primary N) is 1. The number of likely N-dealkylation sites (tertiary alicyclic amines) is 1. The molecule has 2 saturated heterocycles. The second-order valence-electron chi connectivity index (χ2n) is 6.72. The fourth-order valence-electron chi connectivity index (χ4n) is 3.55. The zero-order chi connectivity index (χ0) is 17.0. The molecule has 4 atom stereocenters. The average molecular weight is 326 g/mol. The van der Waals surface area contributed by atoms with Crippen molar-refractivity contribution < 1.29 is 14.3 Å². The summed E-state index contributed by atoms with van der Waals surface area (Å²) in [5.74, 6) is -0.0802. The van der Waals surface area contributed by atoms with E-state index in [0.29, 0.717) is 32.5 Å². The monoisotopic (exact) mass is 326 g/mol. The van der Waals surface area contributed by atoms with E-state index >= 15 is 0 Å². The van der Waals surface area contributed by atoms with Crippen LogP contribution >= 0.6 is 0 Å². The van der Waals surface area contributed by atoms with Crippen molar-refractivity contribution in [2.75, 3.05) is 32.7 Å². The van der Waals surface area contributed by atoms with Crippen LogP contribution in [0, 0.1) is 0 Å². The molecule has 23 heavy (non-hydrogen) atoms. The first kappa shape index (κ1) is 18.2. The van der Waals surface area contributed by atoms with Crippen molar-refractivity contribution in [1.82, 2.24) is 15.1 Å². The third kappa shape index (κ3) is 4.89. The number of nitrogens with zero attached hydrogens (tertiary/aromatic N) is 2. The summed E-state index contributed by atoms with van der Waals surface area (Å²) >= 11 is 0. The van der Waals surface area contributed by atoms with Gasteiger partial charge in [0.2, 0.25) is 11.8 Å². The number of rotatable bonds is 5. The first-order valence-corrected chi connectivity index (χ1v) is 8.61. The molecule has 0 saturated carbocycles. The van der Waals surface area contributed by atoms with E-state index < -0.39 is 6.04 Å². The van der Waals surface area contributed by atoms with E-state index in [1.54, 1.807) is 4.90 Å². The SMILES string of the molecule is CCNC(=O)[C@@H]1C[C@H](N)CN1C(=O)CCN1C[C@@H](C)O[C@@H](C)C1. The number of hydrogen-bond acceptors (Lipinski definition) is 5.